The van der Waals surface area contributed by atoms with E-state index in [1.54, 1.807) is 18.2 Å². The summed E-state index contributed by atoms with van der Waals surface area (Å²) in [6.07, 6.45) is 1.29. The van der Waals surface area contributed by atoms with E-state index in [0.717, 1.165) is 6.42 Å². The van der Waals surface area contributed by atoms with Gasteiger partial charge in [-0.3, -0.25) is 4.79 Å². The van der Waals surface area contributed by atoms with Gasteiger partial charge in [0, 0.05) is 11.4 Å². The Hall–Kier alpha value is -1.26. The third kappa shape index (κ3) is 5.09. The van der Waals surface area contributed by atoms with E-state index < -0.39 is 0 Å². The van der Waals surface area contributed by atoms with Crippen molar-refractivity contribution >= 4 is 23.2 Å². The number of hydrogen-bond acceptors (Lipinski definition) is 3. The van der Waals surface area contributed by atoms with Crippen molar-refractivity contribution in [3.05, 3.63) is 23.2 Å². The number of carbonyl (C=O) groups is 1. The van der Waals surface area contributed by atoms with Crippen molar-refractivity contribution in [3.63, 3.8) is 0 Å². The summed E-state index contributed by atoms with van der Waals surface area (Å²) in [5.41, 5.74) is 6.20. The molecule has 0 aliphatic heterocycles. The lowest BCUT2D eigenvalue weighted by Crippen LogP contribution is -2.22. The van der Waals surface area contributed by atoms with Crippen molar-refractivity contribution in [3.8, 4) is 5.75 Å². The van der Waals surface area contributed by atoms with Gasteiger partial charge in [0.2, 0.25) is 5.91 Å². The van der Waals surface area contributed by atoms with E-state index in [2.05, 4.69) is 5.32 Å². The van der Waals surface area contributed by atoms with Crippen molar-refractivity contribution in [2.24, 2.45) is 11.7 Å². The highest BCUT2D eigenvalue weighted by Gasteiger charge is 2.13. The Balaban J connectivity index is 2.74. The van der Waals surface area contributed by atoms with Gasteiger partial charge in [-0.2, -0.15) is 0 Å². The number of carbonyl (C=O) groups excluding carboxylic acids is 1. The average Bonchev–Trinajstić information content (AvgIpc) is 2.39. The van der Waals surface area contributed by atoms with Gasteiger partial charge >= 0.3 is 0 Å². The minimum atomic E-state index is -0.0690. The number of nitrogens with one attached hydrogen (secondary N) is 1. The fraction of sp³-hybridized carbons (Fsp3) is 0.500. The molecule has 0 spiro atoms. The van der Waals surface area contributed by atoms with Crippen LogP contribution in [-0.4, -0.2) is 19.1 Å². The molecule has 0 fully saturated rings. The van der Waals surface area contributed by atoms with Gasteiger partial charge in [-0.15, -0.1) is 0 Å². The molecule has 0 aliphatic carbocycles. The fourth-order valence-corrected chi connectivity index (χ4v) is 1.91. The number of ether oxygens (including phenoxy) is 1. The maximum Gasteiger partial charge on any atom is 0.224 e. The van der Waals surface area contributed by atoms with Gasteiger partial charge < -0.3 is 15.8 Å². The molecule has 1 amide bonds. The van der Waals surface area contributed by atoms with Gasteiger partial charge in [0.05, 0.1) is 12.3 Å². The largest absolute Gasteiger partial charge is 0.492 e. The minimum Gasteiger partial charge on any atom is -0.492 e. The lowest BCUT2D eigenvalue weighted by Gasteiger charge is -2.14. The van der Waals surface area contributed by atoms with E-state index in [9.17, 15) is 4.79 Å². The van der Waals surface area contributed by atoms with E-state index in [4.69, 9.17) is 22.1 Å². The molecule has 0 aromatic heterocycles. The Labute approximate surface area is 119 Å². The van der Waals surface area contributed by atoms with E-state index in [-0.39, 0.29) is 11.8 Å². The number of anilines is 1. The molecular formula is C14H21ClN2O2. The van der Waals surface area contributed by atoms with Crippen LogP contribution in [0.2, 0.25) is 5.02 Å². The monoisotopic (exact) mass is 284 g/mol. The van der Waals surface area contributed by atoms with Gasteiger partial charge in [0.1, 0.15) is 5.75 Å². The Morgan fingerprint density at radius 2 is 2.21 bits per heavy atom. The normalized spacial score (nSPS) is 12.0. The zero-order valence-electron chi connectivity index (χ0n) is 11.4. The lowest BCUT2D eigenvalue weighted by atomic mass is 10.0. The van der Waals surface area contributed by atoms with E-state index in [1.165, 1.54) is 0 Å². The average molecular weight is 285 g/mol. The molecular weight excluding hydrogens is 264 g/mol. The van der Waals surface area contributed by atoms with E-state index in [0.29, 0.717) is 36.0 Å². The first-order chi connectivity index (χ1) is 9.10. The summed E-state index contributed by atoms with van der Waals surface area (Å²) in [7, 11) is 0. The minimum absolute atomic E-state index is 0.0690. The first-order valence-electron chi connectivity index (χ1n) is 6.52. The van der Waals surface area contributed by atoms with Gasteiger partial charge in [0.25, 0.3) is 0 Å². The van der Waals surface area contributed by atoms with Crippen molar-refractivity contribution < 1.29 is 9.53 Å². The summed E-state index contributed by atoms with van der Waals surface area (Å²) in [6, 6.07) is 5.17. The third-order valence-corrected chi connectivity index (χ3v) is 3.14. The zero-order valence-corrected chi connectivity index (χ0v) is 12.2. The molecule has 0 radical (unpaired) electrons. The van der Waals surface area contributed by atoms with Crippen LogP contribution in [0.3, 0.4) is 0 Å². The summed E-state index contributed by atoms with van der Waals surface area (Å²) in [6.45, 7) is 4.96. The second-order valence-corrected chi connectivity index (χ2v) is 4.77. The second-order valence-electron chi connectivity index (χ2n) is 4.34. The van der Waals surface area contributed by atoms with E-state index >= 15 is 0 Å². The number of hydrogen-bond donors (Lipinski definition) is 2. The third-order valence-electron chi connectivity index (χ3n) is 2.90. The Morgan fingerprint density at radius 3 is 2.79 bits per heavy atom. The standard InChI is InChI=1S/C14H21ClN2O2/c1-3-10(9-16)7-14(18)17-12-8-11(15)5-6-13(12)19-4-2/h5-6,8,10H,3-4,7,9,16H2,1-2H3,(H,17,18). The molecule has 3 N–H and O–H groups in total. The zero-order chi connectivity index (χ0) is 14.3. The highest BCUT2D eigenvalue weighted by Crippen LogP contribution is 2.28. The van der Waals surface area contributed by atoms with Crippen LogP contribution in [0, 0.1) is 5.92 Å². The van der Waals surface area contributed by atoms with Crippen LogP contribution in [0.25, 0.3) is 0 Å². The number of rotatable bonds is 7. The molecule has 4 nitrogen and oxygen atoms in total. The summed E-state index contributed by atoms with van der Waals surface area (Å²) in [5, 5.41) is 3.39. The SMILES string of the molecule is CCOc1ccc(Cl)cc1NC(=O)CC(CC)CN. The molecule has 1 rings (SSSR count). The van der Waals surface area contributed by atoms with Gasteiger partial charge in [-0.25, -0.2) is 0 Å². The Morgan fingerprint density at radius 1 is 1.47 bits per heavy atom. The van der Waals surface area contributed by atoms with Gasteiger partial charge in [-0.1, -0.05) is 24.9 Å². The summed E-state index contributed by atoms with van der Waals surface area (Å²) in [5.74, 6) is 0.760. The molecule has 0 saturated heterocycles. The Kier molecular flexibility index (Phi) is 6.67. The van der Waals surface area contributed by atoms with Crippen LogP contribution in [0.5, 0.6) is 5.75 Å². The van der Waals surface area contributed by atoms with Crippen LogP contribution in [0.1, 0.15) is 26.7 Å². The summed E-state index contributed by atoms with van der Waals surface area (Å²) >= 11 is 5.93. The van der Waals surface area contributed by atoms with Crippen molar-refractivity contribution in [2.75, 3.05) is 18.5 Å². The Bertz CT molecular complexity index is 420. The highest BCUT2D eigenvalue weighted by atomic mass is 35.5. The molecule has 1 atom stereocenters. The van der Waals surface area contributed by atoms with Crippen LogP contribution < -0.4 is 15.8 Å². The van der Waals surface area contributed by atoms with E-state index in [1.807, 2.05) is 13.8 Å². The number of halogens is 1. The van der Waals surface area contributed by atoms with Crippen LogP contribution in [0.4, 0.5) is 5.69 Å². The molecule has 5 heteroatoms. The van der Waals surface area contributed by atoms with Gasteiger partial charge in [-0.05, 0) is 37.6 Å². The fourth-order valence-electron chi connectivity index (χ4n) is 1.74. The topological polar surface area (TPSA) is 64.3 Å². The molecule has 0 heterocycles. The first-order valence-corrected chi connectivity index (χ1v) is 6.90. The van der Waals surface area contributed by atoms with Crippen LogP contribution >= 0.6 is 11.6 Å². The molecule has 1 aromatic rings. The molecule has 106 valence electrons. The molecule has 19 heavy (non-hydrogen) atoms. The highest BCUT2D eigenvalue weighted by molar-refractivity contribution is 6.31. The summed E-state index contributed by atoms with van der Waals surface area (Å²) < 4.78 is 5.45. The molecule has 0 aliphatic rings. The van der Waals surface area contributed by atoms with Crippen molar-refractivity contribution in [1.82, 2.24) is 0 Å². The van der Waals surface area contributed by atoms with Gasteiger partial charge in [0.15, 0.2) is 0 Å². The van der Waals surface area contributed by atoms with Crippen molar-refractivity contribution in [2.45, 2.75) is 26.7 Å². The number of benzene rings is 1. The second kappa shape index (κ2) is 8.02. The number of amides is 1. The molecule has 0 bridgehead atoms. The predicted molar refractivity (Wildman–Crippen MR) is 78.7 cm³/mol. The van der Waals surface area contributed by atoms with Crippen molar-refractivity contribution in [1.29, 1.82) is 0 Å². The van der Waals surface area contributed by atoms with Crippen LogP contribution in [-0.2, 0) is 4.79 Å². The maximum absolute atomic E-state index is 11.9. The van der Waals surface area contributed by atoms with Crippen LogP contribution in [0.15, 0.2) is 18.2 Å². The quantitative estimate of drug-likeness (QED) is 0.809. The maximum atomic E-state index is 11.9. The molecule has 1 unspecified atom stereocenters. The number of nitrogens with two attached hydrogens (primary N) is 1. The molecule has 0 saturated carbocycles. The predicted octanol–water partition coefficient (Wildman–Crippen LogP) is 3.05. The first kappa shape index (κ1) is 15.8. The molecule has 1 aromatic carbocycles. The lowest BCUT2D eigenvalue weighted by molar-refractivity contribution is -0.117. The smallest absolute Gasteiger partial charge is 0.224 e. The summed E-state index contributed by atoms with van der Waals surface area (Å²) in [4.78, 5) is 11.9.